The van der Waals surface area contributed by atoms with E-state index >= 15 is 0 Å². The molecule has 116 valence electrons. The summed E-state index contributed by atoms with van der Waals surface area (Å²) in [4.78, 5) is 0. The highest BCUT2D eigenvalue weighted by Crippen LogP contribution is 2.56. The number of rotatable bonds is 3. The van der Waals surface area contributed by atoms with Crippen LogP contribution in [0.25, 0.3) is 5.57 Å². The van der Waals surface area contributed by atoms with Gasteiger partial charge < -0.3 is 0 Å². The lowest BCUT2D eigenvalue weighted by Gasteiger charge is -2.10. The molecular formula is C20H22F2. The molecule has 0 aliphatic heterocycles. The Morgan fingerprint density at radius 2 is 1.55 bits per heavy atom. The first-order chi connectivity index (χ1) is 10.4. The fourth-order valence-corrected chi connectivity index (χ4v) is 2.64. The van der Waals surface area contributed by atoms with Gasteiger partial charge in [-0.15, -0.1) is 0 Å². The minimum Gasteiger partial charge on any atom is -0.210 e. The van der Waals surface area contributed by atoms with E-state index in [4.69, 9.17) is 0 Å². The Morgan fingerprint density at radius 3 is 1.91 bits per heavy atom. The Morgan fingerprint density at radius 1 is 1.05 bits per heavy atom. The molecule has 22 heavy (non-hydrogen) atoms. The fraction of sp³-hybridized carbons (Fsp3) is 0.300. The largest absolute Gasteiger partial charge is 0.242 e. The highest BCUT2D eigenvalue weighted by atomic mass is 19.3. The molecule has 1 fully saturated rings. The van der Waals surface area contributed by atoms with E-state index in [1.54, 1.807) is 0 Å². The van der Waals surface area contributed by atoms with Gasteiger partial charge in [0.05, 0.1) is 0 Å². The predicted molar refractivity (Wildman–Crippen MR) is 89.1 cm³/mol. The maximum atomic E-state index is 12.4. The lowest BCUT2D eigenvalue weighted by Crippen LogP contribution is -2.09. The molecule has 0 spiro atoms. The summed E-state index contributed by atoms with van der Waals surface area (Å²) < 4.78 is 24.8. The quantitative estimate of drug-likeness (QED) is 0.657. The third-order valence-electron chi connectivity index (χ3n) is 4.31. The van der Waals surface area contributed by atoms with Gasteiger partial charge in [-0.25, -0.2) is 8.78 Å². The van der Waals surface area contributed by atoms with E-state index in [-0.39, 0.29) is 5.41 Å². The summed E-state index contributed by atoms with van der Waals surface area (Å²) in [6.45, 7) is 7.75. The summed E-state index contributed by atoms with van der Waals surface area (Å²) in [6, 6.07) is 19.7. The summed E-state index contributed by atoms with van der Waals surface area (Å²) in [7, 11) is 0. The highest BCUT2D eigenvalue weighted by Gasteiger charge is 2.55. The molecule has 2 aromatic rings. The fourth-order valence-electron chi connectivity index (χ4n) is 2.64. The van der Waals surface area contributed by atoms with Crippen molar-refractivity contribution in [2.75, 3.05) is 0 Å². The number of alkyl halides is 2. The van der Waals surface area contributed by atoms with E-state index in [1.807, 2.05) is 62.4 Å². The van der Waals surface area contributed by atoms with E-state index in [1.165, 1.54) is 5.56 Å². The van der Waals surface area contributed by atoms with Crippen molar-refractivity contribution in [1.29, 1.82) is 0 Å². The summed E-state index contributed by atoms with van der Waals surface area (Å²) in [5.74, 6) is -0.435. The molecule has 0 amide bonds. The molecule has 2 atom stereocenters. The number of hydrogen-bond donors (Lipinski definition) is 0. The van der Waals surface area contributed by atoms with Crippen LogP contribution in [0.1, 0.15) is 31.4 Å². The van der Waals surface area contributed by atoms with Crippen molar-refractivity contribution >= 4 is 5.57 Å². The predicted octanol–water partition coefficient (Wildman–Crippen LogP) is 5.95. The van der Waals surface area contributed by atoms with Crippen LogP contribution < -0.4 is 0 Å². The normalized spacial score (nSPS) is 22.7. The van der Waals surface area contributed by atoms with Gasteiger partial charge in [0.1, 0.15) is 0 Å². The van der Waals surface area contributed by atoms with Crippen LogP contribution in [0, 0.1) is 5.92 Å². The van der Waals surface area contributed by atoms with E-state index in [0.29, 0.717) is 6.42 Å². The van der Waals surface area contributed by atoms with Gasteiger partial charge in [0.15, 0.2) is 0 Å². The van der Waals surface area contributed by atoms with Crippen LogP contribution in [0.4, 0.5) is 8.78 Å². The SMILES string of the molecule is C=C(C)c1ccccc1.CC1(c2ccccc2)CC1C(F)F. The zero-order chi connectivity index (χ0) is 16.2. The van der Waals surface area contributed by atoms with Gasteiger partial charge in [0.25, 0.3) is 0 Å². The summed E-state index contributed by atoms with van der Waals surface area (Å²) in [5, 5.41) is 0. The molecule has 1 saturated carbocycles. The second kappa shape index (κ2) is 6.87. The molecule has 2 aromatic carbocycles. The van der Waals surface area contributed by atoms with Gasteiger partial charge >= 0.3 is 0 Å². The second-order valence-corrected chi connectivity index (χ2v) is 6.07. The van der Waals surface area contributed by atoms with E-state index in [9.17, 15) is 8.78 Å². The van der Waals surface area contributed by atoms with Gasteiger partial charge in [0, 0.05) is 11.3 Å². The van der Waals surface area contributed by atoms with Gasteiger partial charge in [-0.3, -0.25) is 0 Å². The first kappa shape index (κ1) is 16.4. The van der Waals surface area contributed by atoms with Crippen LogP contribution in [-0.2, 0) is 5.41 Å². The Hall–Kier alpha value is -1.96. The van der Waals surface area contributed by atoms with Crippen molar-refractivity contribution in [3.63, 3.8) is 0 Å². The molecule has 0 heterocycles. The molecule has 0 aromatic heterocycles. The van der Waals surface area contributed by atoms with Crippen LogP contribution in [0.3, 0.4) is 0 Å². The van der Waals surface area contributed by atoms with Crippen molar-refractivity contribution in [1.82, 2.24) is 0 Å². The minimum atomic E-state index is -2.18. The smallest absolute Gasteiger partial charge is 0.210 e. The molecule has 1 aliphatic carbocycles. The Labute approximate surface area is 131 Å². The molecule has 2 heteroatoms. The van der Waals surface area contributed by atoms with Crippen LogP contribution in [-0.4, -0.2) is 6.43 Å². The van der Waals surface area contributed by atoms with Crippen molar-refractivity contribution in [3.8, 4) is 0 Å². The topological polar surface area (TPSA) is 0 Å². The molecular weight excluding hydrogens is 278 g/mol. The minimum absolute atomic E-state index is 0.268. The van der Waals surface area contributed by atoms with Gasteiger partial charge in [-0.05, 0) is 24.5 Å². The number of benzene rings is 2. The van der Waals surface area contributed by atoms with Crippen molar-refractivity contribution in [2.45, 2.75) is 32.1 Å². The molecule has 0 nitrogen and oxygen atoms in total. The van der Waals surface area contributed by atoms with Crippen LogP contribution in [0.5, 0.6) is 0 Å². The van der Waals surface area contributed by atoms with E-state index in [0.717, 1.165) is 11.1 Å². The van der Waals surface area contributed by atoms with E-state index < -0.39 is 12.3 Å². The summed E-state index contributed by atoms with van der Waals surface area (Å²) in [6.07, 6.45) is -1.56. The zero-order valence-electron chi connectivity index (χ0n) is 13.1. The monoisotopic (exact) mass is 300 g/mol. The Balaban J connectivity index is 0.000000172. The van der Waals surface area contributed by atoms with Crippen molar-refractivity contribution < 1.29 is 8.78 Å². The van der Waals surface area contributed by atoms with Crippen molar-refractivity contribution in [3.05, 3.63) is 78.4 Å². The van der Waals surface area contributed by atoms with Gasteiger partial charge in [-0.1, -0.05) is 79.7 Å². The maximum absolute atomic E-state index is 12.4. The molecule has 1 aliphatic rings. The van der Waals surface area contributed by atoms with Gasteiger partial charge in [-0.2, -0.15) is 0 Å². The lowest BCUT2D eigenvalue weighted by atomic mass is 9.96. The second-order valence-electron chi connectivity index (χ2n) is 6.07. The summed E-state index contributed by atoms with van der Waals surface area (Å²) in [5.41, 5.74) is 3.11. The maximum Gasteiger partial charge on any atom is 0.242 e. The Bertz CT molecular complexity index is 604. The molecule has 0 bridgehead atoms. The van der Waals surface area contributed by atoms with E-state index in [2.05, 4.69) is 18.7 Å². The van der Waals surface area contributed by atoms with Crippen LogP contribution in [0.15, 0.2) is 67.2 Å². The van der Waals surface area contributed by atoms with Crippen LogP contribution in [0.2, 0.25) is 0 Å². The molecule has 0 radical (unpaired) electrons. The zero-order valence-corrected chi connectivity index (χ0v) is 13.1. The number of hydrogen-bond acceptors (Lipinski definition) is 0. The summed E-state index contributed by atoms with van der Waals surface area (Å²) >= 11 is 0. The first-order valence-corrected chi connectivity index (χ1v) is 7.50. The molecule has 3 rings (SSSR count). The average molecular weight is 300 g/mol. The third-order valence-corrected chi connectivity index (χ3v) is 4.31. The third kappa shape index (κ3) is 3.82. The number of allylic oxidation sites excluding steroid dienone is 1. The standard InChI is InChI=1S/C11H12F2.C9H10/c1-11(7-9(11)10(12)13)8-5-3-2-4-6-8;1-8(2)9-6-4-3-5-7-9/h2-6,9-10H,7H2,1H3;3-7H,1H2,2H3. The molecule has 2 unspecified atom stereocenters. The average Bonchev–Trinajstić information content (AvgIpc) is 3.24. The number of halogens is 2. The molecule has 0 saturated heterocycles. The van der Waals surface area contributed by atoms with Crippen LogP contribution >= 0.6 is 0 Å². The first-order valence-electron chi connectivity index (χ1n) is 7.50. The molecule has 0 N–H and O–H groups in total. The van der Waals surface area contributed by atoms with Gasteiger partial charge in [0.2, 0.25) is 6.43 Å². The lowest BCUT2D eigenvalue weighted by molar-refractivity contribution is 0.114. The Kier molecular flexibility index (Phi) is 5.12. The highest BCUT2D eigenvalue weighted by molar-refractivity contribution is 5.60. The van der Waals surface area contributed by atoms with Crippen molar-refractivity contribution in [2.24, 2.45) is 5.92 Å².